The van der Waals surface area contributed by atoms with Gasteiger partial charge in [-0.15, -0.1) is 0 Å². The Hall–Kier alpha value is -1.36. The Kier molecular flexibility index (Phi) is 3.47. The fraction of sp³-hybridized carbons (Fsp3) is 0.333. The topological polar surface area (TPSA) is 44.1 Å². The summed E-state index contributed by atoms with van der Waals surface area (Å²) in [5.41, 5.74) is 1.97. The van der Waals surface area contributed by atoms with Crippen LogP contribution in [0.5, 0.6) is 0 Å². The Balaban J connectivity index is 2.40. The Bertz CT molecular complexity index is 563. The van der Waals surface area contributed by atoms with Gasteiger partial charge >= 0.3 is 5.97 Å². The van der Waals surface area contributed by atoms with Gasteiger partial charge in [-0.05, 0) is 34.5 Å². The molecule has 0 bridgehead atoms. The number of pyridine rings is 1. The number of halogens is 1. The smallest absolute Gasteiger partial charge is 0.310 e. The van der Waals surface area contributed by atoms with Crippen molar-refractivity contribution in [3.63, 3.8) is 0 Å². The van der Waals surface area contributed by atoms with E-state index < -0.39 is 0 Å². The molecule has 90 valence electrons. The van der Waals surface area contributed by atoms with Crippen LogP contribution in [0.3, 0.4) is 0 Å². The van der Waals surface area contributed by atoms with Crippen LogP contribution in [0.2, 0.25) is 0 Å². The van der Waals surface area contributed by atoms with Crippen LogP contribution in [0, 0.1) is 0 Å². The standard InChI is InChI=1S/C12H13BrN2O2/c1-3-17-12(16)4-8-7-15(2)10-6-14-11(13)5-9(8)10/h5-7H,3-4H2,1-2H3. The second-order valence-electron chi connectivity index (χ2n) is 3.77. The van der Waals surface area contributed by atoms with Crippen molar-refractivity contribution in [2.24, 2.45) is 7.05 Å². The van der Waals surface area contributed by atoms with Crippen LogP contribution >= 0.6 is 15.9 Å². The molecule has 0 N–H and O–H groups in total. The van der Waals surface area contributed by atoms with Crippen molar-refractivity contribution < 1.29 is 9.53 Å². The summed E-state index contributed by atoms with van der Waals surface area (Å²) in [6.45, 7) is 2.22. The van der Waals surface area contributed by atoms with E-state index in [9.17, 15) is 4.79 Å². The summed E-state index contributed by atoms with van der Waals surface area (Å²) in [7, 11) is 1.94. The fourth-order valence-electron chi connectivity index (χ4n) is 1.84. The molecular weight excluding hydrogens is 284 g/mol. The van der Waals surface area contributed by atoms with Crippen molar-refractivity contribution in [1.82, 2.24) is 9.55 Å². The summed E-state index contributed by atoms with van der Waals surface area (Å²) in [5.74, 6) is -0.201. The van der Waals surface area contributed by atoms with Gasteiger partial charge in [0.05, 0.1) is 24.7 Å². The lowest BCUT2D eigenvalue weighted by Crippen LogP contribution is -2.07. The fourth-order valence-corrected chi connectivity index (χ4v) is 2.17. The summed E-state index contributed by atoms with van der Waals surface area (Å²) in [5, 5.41) is 1.03. The molecule has 0 aliphatic carbocycles. The quantitative estimate of drug-likeness (QED) is 0.645. The highest BCUT2D eigenvalue weighted by atomic mass is 79.9. The maximum absolute atomic E-state index is 11.5. The van der Waals surface area contributed by atoms with Gasteiger partial charge in [-0.3, -0.25) is 4.79 Å². The average Bonchev–Trinajstić information content (AvgIpc) is 2.55. The molecule has 0 fully saturated rings. The third kappa shape index (κ3) is 2.49. The van der Waals surface area contributed by atoms with E-state index in [2.05, 4.69) is 20.9 Å². The maximum Gasteiger partial charge on any atom is 0.310 e. The van der Waals surface area contributed by atoms with Crippen LogP contribution in [0.1, 0.15) is 12.5 Å². The van der Waals surface area contributed by atoms with Crippen molar-refractivity contribution in [2.75, 3.05) is 6.61 Å². The summed E-state index contributed by atoms with van der Waals surface area (Å²) in [6.07, 6.45) is 4.02. The first kappa shape index (κ1) is 12.1. The van der Waals surface area contributed by atoms with Gasteiger partial charge in [-0.2, -0.15) is 0 Å². The molecular formula is C12H13BrN2O2. The second-order valence-corrected chi connectivity index (χ2v) is 4.58. The highest BCUT2D eigenvalue weighted by Gasteiger charge is 2.11. The number of carbonyl (C=O) groups excluding carboxylic acids is 1. The zero-order valence-electron chi connectivity index (χ0n) is 9.74. The van der Waals surface area contributed by atoms with E-state index in [0.717, 1.165) is 21.1 Å². The van der Waals surface area contributed by atoms with Crippen molar-refractivity contribution in [2.45, 2.75) is 13.3 Å². The van der Waals surface area contributed by atoms with Gasteiger partial charge in [0.1, 0.15) is 4.60 Å². The third-order valence-corrected chi connectivity index (χ3v) is 3.00. The molecule has 2 aromatic rings. The summed E-state index contributed by atoms with van der Waals surface area (Å²) in [6, 6.07) is 1.92. The average molecular weight is 297 g/mol. The van der Waals surface area contributed by atoms with E-state index in [1.165, 1.54) is 0 Å². The van der Waals surface area contributed by atoms with E-state index in [-0.39, 0.29) is 5.97 Å². The lowest BCUT2D eigenvalue weighted by Gasteiger charge is -2.00. The summed E-state index contributed by atoms with van der Waals surface area (Å²) < 4.78 is 7.69. The molecule has 0 unspecified atom stereocenters. The Morgan fingerprint density at radius 1 is 1.59 bits per heavy atom. The maximum atomic E-state index is 11.5. The first-order valence-electron chi connectivity index (χ1n) is 5.37. The molecule has 2 heterocycles. The first-order chi connectivity index (χ1) is 8.11. The number of hydrogen-bond acceptors (Lipinski definition) is 3. The van der Waals surface area contributed by atoms with E-state index in [1.54, 1.807) is 6.20 Å². The molecule has 0 atom stereocenters. The van der Waals surface area contributed by atoms with Crippen LogP contribution in [0.15, 0.2) is 23.1 Å². The van der Waals surface area contributed by atoms with Gasteiger partial charge in [0.2, 0.25) is 0 Å². The van der Waals surface area contributed by atoms with Crippen LogP contribution in [0.25, 0.3) is 10.9 Å². The Morgan fingerprint density at radius 2 is 2.35 bits per heavy atom. The molecule has 0 aromatic carbocycles. The minimum atomic E-state index is -0.201. The molecule has 0 amide bonds. The normalized spacial score (nSPS) is 10.8. The number of aromatic nitrogens is 2. The molecule has 0 radical (unpaired) electrons. The predicted octanol–water partition coefficient (Wildman–Crippen LogP) is 2.44. The molecule has 4 nitrogen and oxygen atoms in total. The Labute approximate surface area is 108 Å². The first-order valence-corrected chi connectivity index (χ1v) is 6.16. The van der Waals surface area contributed by atoms with Gasteiger partial charge in [0.15, 0.2) is 0 Å². The molecule has 0 aliphatic rings. The van der Waals surface area contributed by atoms with E-state index in [0.29, 0.717) is 13.0 Å². The zero-order chi connectivity index (χ0) is 12.4. The van der Waals surface area contributed by atoms with Crippen molar-refractivity contribution in [1.29, 1.82) is 0 Å². The zero-order valence-corrected chi connectivity index (χ0v) is 11.3. The van der Waals surface area contributed by atoms with Crippen LogP contribution in [-0.4, -0.2) is 22.1 Å². The highest BCUT2D eigenvalue weighted by Crippen LogP contribution is 2.23. The van der Waals surface area contributed by atoms with Crippen molar-refractivity contribution >= 4 is 32.8 Å². The largest absolute Gasteiger partial charge is 0.466 e. The molecule has 0 aliphatic heterocycles. The van der Waals surface area contributed by atoms with Crippen molar-refractivity contribution in [3.8, 4) is 0 Å². The molecule has 0 saturated heterocycles. The third-order valence-electron chi connectivity index (χ3n) is 2.57. The minimum absolute atomic E-state index is 0.201. The molecule has 2 aromatic heterocycles. The SMILES string of the molecule is CCOC(=O)Cc1cn(C)c2cnc(Br)cc12. The summed E-state index contributed by atoms with van der Waals surface area (Å²) in [4.78, 5) is 15.7. The number of fused-ring (bicyclic) bond motifs is 1. The predicted molar refractivity (Wildman–Crippen MR) is 68.8 cm³/mol. The van der Waals surface area contributed by atoms with Gasteiger partial charge in [0, 0.05) is 18.6 Å². The molecule has 0 saturated carbocycles. The van der Waals surface area contributed by atoms with E-state index >= 15 is 0 Å². The molecule has 17 heavy (non-hydrogen) atoms. The van der Waals surface area contributed by atoms with Gasteiger partial charge in [-0.25, -0.2) is 4.98 Å². The number of ether oxygens (including phenoxy) is 1. The number of hydrogen-bond donors (Lipinski definition) is 0. The molecule has 5 heteroatoms. The monoisotopic (exact) mass is 296 g/mol. The number of nitrogens with zero attached hydrogens (tertiary/aromatic N) is 2. The lowest BCUT2D eigenvalue weighted by atomic mass is 10.1. The van der Waals surface area contributed by atoms with Crippen molar-refractivity contribution in [3.05, 3.63) is 28.6 Å². The van der Waals surface area contributed by atoms with Crippen LogP contribution < -0.4 is 0 Å². The van der Waals surface area contributed by atoms with Gasteiger partial charge in [0.25, 0.3) is 0 Å². The number of rotatable bonds is 3. The number of carbonyl (C=O) groups is 1. The number of esters is 1. The van der Waals surface area contributed by atoms with Crippen LogP contribution in [0.4, 0.5) is 0 Å². The number of aryl methyl sites for hydroxylation is 1. The second kappa shape index (κ2) is 4.87. The van der Waals surface area contributed by atoms with Gasteiger partial charge in [-0.1, -0.05) is 0 Å². The van der Waals surface area contributed by atoms with E-state index in [4.69, 9.17) is 4.74 Å². The Morgan fingerprint density at radius 3 is 3.06 bits per heavy atom. The lowest BCUT2D eigenvalue weighted by molar-refractivity contribution is -0.142. The summed E-state index contributed by atoms with van der Waals surface area (Å²) >= 11 is 3.34. The molecule has 2 rings (SSSR count). The highest BCUT2D eigenvalue weighted by molar-refractivity contribution is 9.10. The molecule has 0 spiro atoms. The van der Waals surface area contributed by atoms with Gasteiger partial charge < -0.3 is 9.30 Å². The van der Waals surface area contributed by atoms with E-state index in [1.807, 2.05) is 30.8 Å². The minimum Gasteiger partial charge on any atom is -0.466 e. The van der Waals surface area contributed by atoms with Crippen LogP contribution in [-0.2, 0) is 23.0 Å².